The van der Waals surface area contributed by atoms with Gasteiger partial charge in [-0.1, -0.05) is 5.16 Å². The zero-order valence-corrected chi connectivity index (χ0v) is 23.3. The van der Waals surface area contributed by atoms with Gasteiger partial charge in [-0.2, -0.15) is 13.0 Å². The summed E-state index contributed by atoms with van der Waals surface area (Å²) in [5.74, 6) is -2.21. The normalized spacial score (nSPS) is 20.1. The molecular formula is C22H24N6O9S3. The maximum Gasteiger partial charge on any atom is 0.394 e. The monoisotopic (exact) mass is 612 g/mol. The van der Waals surface area contributed by atoms with Gasteiger partial charge in [0, 0.05) is 34.8 Å². The molecule has 4 heterocycles. The van der Waals surface area contributed by atoms with Crippen molar-refractivity contribution in [1.82, 2.24) is 15.2 Å². The summed E-state index contributed by atoms with van der Waals surface area (Å²) in [6.45, 7) is 0.364. The topological polar surface area (TPSA) is 229 Å². The first-order valence-corrected chi connectivity index (χ1v) is 14.9. The van der Waals surface area contributed by atoms with Crippen LogP contribution in [-0.2, 0) is 49.0 Å². The fraction of sp³-hybridized carbons (Fsp3) is 0.364. The Bertz CT molecular complexity index is 1510. The van der Waals surface area contributed by atoms with Crippen LogP contribution in [0.1, 0.15) is 23.4 Å². The van der Waals surface area contributed by atoms with Crippen LogP contribution >= 0.6 is 23.1 Å². The molecule has 214 valence electrons. The number of aromatic nitrogens is 2. The predicted octanol–water partition coefficient (Wildman–Crippen LogP) is -1.70. The Labute approximate surface area is 236 Å². The molecular weight excluding hydrogens is 588 g/mol. The minimum absolute atomic E-state index is 0.120. The fourth-order valence-corrected chi connectivity index (χ4v) is 6.54. The summed E-state index contributed by atoms with van der Waals surface area (Å²) >= 11 is 2.53. The second kappa shape index (κ2) is 11.9. The molecule has 2 atom stereocenters. The van der Waals surface area contributed by atoms with Crippen LogP contribution in [0.3, 0.4) is 0 Å². The van der Waals surface area contributed by atoms with Gasteiger partial charge in [-0.15, -0.1) is 23.1 Å². The number of nitrogens with one attached hydrogen (secondary N) is 1. The van der Waals surface area contributed by atoms with Gasteiger partial charge in [0.25, 0.3) is 11.8 Å². The lowest BCUT2D eigenvalue weighted by Crippen LogP contribution is -2.71. The average molecular weight is 613 g/mol. The lowest BCUT2D eigenvalue weighted by atomic mass is 10.0. The number of oxime groups is 1. The zero-order chi connectivity index (χ0) is 29.2. The number of aliphatic carboxylic acids is 1. The van der Waals surface area contributed by atoms with E-state index in [2.05, 4.69) is 26.1 Å². The Morgan fingerprint density at radius 2 is 2.10 bits per heavy atom. The highest BCUT2D eigenvalue weighted by molar-refractivity contribution is 8.00. The van der Waals surface area contributed by atoms with Gasteiger partial charge < -0.3 is 25.8 Å². The van der Waals surface area contributed by atoms with Crippen LogP contribution in [0.25, 0.3) is 0 Å². The quantitative estimate of drug-likeness (QED) is 0.0902. The van der Waals surface area contributed by atoms with E-state index in [4.69, 9.17) is 28.1 Å². The van der Waals surface area contributed by atoms with E-state index in [9.17, 15) is 19.5 Å². The van der Waals surface area contributed by atoms with Crippen LogP contribution in [0.5, 0.6) is 0 Å². The summed E-state index contributed by atoms with van der Waals surface area (Å²) in [6.07, 6.45) is 4.94. The van der Waals surface area contributed by atoms with Crippen molar-refractivity contribution in [3.05, 3.63) is 51.9 Å². The Morgan fingerprint density at radius 1 is 1.38 bits per heavy atom. The van der Waals surface area contributed by atoms with Gasteiger partial charge in [-0.3, -0.25) is 23.6 Å². The van der Waals surface area contributed by atoms with E-state index in [1.54, 1.807) is 5.38 Å². The number of nitrogens with zero attached hydrogens (tertiary/aromatic N) is 4. The number of nitrogen functional groups attached to an aromatic ring is 1. The van der Waals surface area contributed by atoms with Gasteiger partial charge >= 0.3 is 10.4 Å². The molecule has 0 spiro atoms. The smallest absolute Gasteiger partial charge is 0.394 e. The highest BCUT2D eigenvalue weighted by atomic mass is 32.3. The molecule has 5 rings (SSSR count). The van der Waals surface area contributed by atoms with Gasteiger partial charge in [0.2, 0.25) is 0 Å². The largest absolute Gasteiger partial charge is 0.543 e. The molecule has 15 nitrogen and oxygen atoms in total. The Kier molecular flexibility index (Phi) is 8.74. The van der Waals surface area contributed by atoms with Crippen molar-refractivity contribution in [3.63, 3.8) is 0 Å². The fourth-order valence-electron chi connectivity index (χ4n) is 4.66. The number of thioether (sulfide) groups is 1. The van der Waals surface area contributed by atoms with Crippen LogP contribution in [0, 0.1) is 0 Å². The third-order valence-corrected chi connectivity index (χ3v) is 8.20. The van der Waals surface area contributed by atoms with Gasteiger partial charge in [0.1, 0.15) is 24.2 Å². The number of nitrogens with two attached hydrogens (primary N) is 1. The molecule has 1 fully saturated rings. The molecule has 40 heavy (non-hydrogen) atoms. The van der Waals surface area contributed by atoms with Crippen LogP contribution in [-0.4, -0.2) is 75.2 Å². The second-order valence-corrected chi connectivity index (χ2v) is 11.6. The van der Waals surface area contributed by atoms with Crippen LogP contribution in [0.2, 0.25) is 0 Å². The van der Waals surface area contributed by atoms with Gasteiger partial charge in [0.15, 0.2) is 29.3 Å². The summed E-state index contributed by atoms with van der Waals surface area (Å²) in [7, 11) is -3.38. The van der Waals surface area contributed by atoms with E-state index in [1.807, 2.05) is 12.3 Å². The second-order valence-electron chi connectivity index (χ2n) is 8.70. The first kappa shape index (κ1) is 29.4. The van der Waals surface area contributed by atoms with E-state index < -0.39 is 39.6 Å². The number of hydrogen-bond acceptors (Lipinski definition) is 12. The Balaban J connectivity index is 0.000000681. The number of anilines is 1. The van der Waals surface area contributed by atoms with E-state index in [0.29, 0.717) is 17.9 Å². The first-order valence-electron chi connectivity index (χ1n) is 11.6. The van der Waals surface area contributed by atoms with Crippen molar-refractivity contribution < 1.29 is 46.4 Å². The summed E-state index contributed by atoms with van der Waals surface area (Å²) in [5, 5.41) is 19.7. The van der Waals surface area contributed by atoms with E-state index in [0.717, 1.165) is 30.6 Å². The summed E-state index contributed by atoms with van der Waals surface area (Å²) in [6, 6.07) is 3.12. The number of thiazole rings is 1. The number of fused-ring (bicyclic) bond motifs is 2. The van der Waals surface area contributed by atoms with Crippen molar-refractivity contribution in [1.29, 1.82) is 0 Å². The lowest BCUT2D eigenvalue weighted by molar-refractivity contribution is -0.696. The molecule has 1 saturated heterocycles. The van der Waals surface area contributed by atoms with Crippen LogP contribution in [0.4, 0.5) is 5.13 Å². The summed E-state index contributed by atoms with van der Waals surface area (Å²) < 4.78 is 33.6. The lowest BCUT2D eigenvalue weighted by Gasteiger charge is -2.50. The number of rotatable bonds is 7. The molecule has 3 aliphatic rings. The van der Waals surface area contributed by atoms with Crippen molar-refractivity contribution in [2.24, 2.45) is 5.16 Å². The number of carboxylic acid groups (broad SMARTS) is 1. The number of pyridine rings is 1. The predicted molar refractivity (Wildman–Crippen MR) is 140 cm³/mol. The zero-order valence-electron chi connectivity index (χ0n) is 20.8. The van der Waals surface area contributed by atoms with Gasteiger partial charge in [0.05, 0.1) is 11.7 Å². The SMILES string of the molecule is CON=C(C(=O)NC1C(=O)N2C(C(=O)[O-])=C(C[n+]3cccc4c3CCC4)CSC12)c1csc(N)n1.O=S(=O)(O)O. The van der Waals surface area contributed by atoms with E-state index >= 15 is 0 Å². The van der Waals surface area contributed by atoms with Crippen molar-refractivity contribution in [2.45, 2.75) is 37.2 Å². The maximum absolute atomic E-state index is 13.0. The number of carbonyl (C=O) groups excluding carboxylic acids is 3. The van der Waals surface area contributed by atoms with Crippen LogP contribution < -0.4 is 20.7 Å². The molecule has 2 aromatic heterocycles. The highest BCUT2D eigenvalue weighted by Gasteiger charge is 2.53. The molecule has 0 saturated carbocycles. The molecule has 18 heteroatoms. The molecule has 0 bridgehead atoms. The Hall–Kier alpha value is -3.58. The molecule has 0 aromatic carbocycles. The number of β-lactam (4-membered cyclic amide) rings is 1. The molecule has 2 unspecified atom stereocenters. The number of carboxylic acids is 1. The van der Waals surface area contributed by atoms with Crippen molar-refractivity contribution in [2.75, 3.05) is 18.6 Å². The number of hydrogen-bond donors (Lipinski definition) is 4. The third kappa shape index (κ3) is 6.41. The number of carbonyl (C=O) groups is 3. The summed E-state index contributed by atoms with van der Waals surface area (Å²) in [4.78, 5) is 48.0. The third-order valence-electron chi connectivity index (χ3n) is 6.19. The summed E-state index contributed by atoms with van der Waals surface area (Å²) in [5.41, 5.74) is 8.69. The molecule has 2 amide bonds. The standard InChI is InChI=1S/C22H22N6O5S2.H2O4S/c1-33-26-15(13-10-35-22(23)24-13)18(29)25-16-19(30)28-17(21(31)32)12(9-34-20(16)28)8-27-7-3-5-11-4-2-6-14(11)27;1-5(2,3)4/h3,5,7,10,16,20H,2,4,6,8-9H2,1H3,(H3-,23,24,25,29,31,32);(H2,1,2,3,4). The van der Waals surface area contributed by atoms with Gasteiger partial charge in [-0.05, 0) is 18.9 Å². The molecule has 1 aliphatic carbocycles. The maximum atomic E-state index is 13.0. The van der Waals surface area contributed by atoms with E-state index in [-0.39, 0.29) is 22.2 Å². The van der Waals surface area contributed by atoms with E-state index in [1.165, 1.54) is 35.0 Å². The highest BCUT2D eigenvalue weighted by Crippen LogP contribution is 2.40. The van der Waals surface area contributed by atoms with Crippen LogP contribution in [0.15, 0.2) is 40.1 Å². The van der Waals surface area contributed by atoms with Gasteiger partial charge in [-0.25, -0.2) is 4.98 Å². The Morgan fingerprint density at radius 3 is 2.73 bits per heavy atom. The molecule has 2 aromatic rings. The van der Waals surface area contributed by atoms with Crippen molar-refractivity contribution in [3.8, 4) is 0 Å². The molecule has 5 N–H and O–H groups in total. The minimum atomic E-state index is -4.67. The first-order chi connectivity index (χ1) is 18.9. The van der Waals surface area contributed by atoms with Crippen molar-refractivity contribution >= 4 is 62.1 Å². The number of amides is 2. The molecule has 2 aliphatic heterocycles. The molecule has 0 radical (unpaired) electrons. The number of aryl methyl sites for hydroxylation is 1. The average Bonchev–Trinajstić information content (AvgIpc) is 3.53. The minimum Gasteiger partial charge on any atom is -0.543 e.